The van der Waals surface area contributed by atoms with Crippen LogP contribution in [0.15, 0.2) is 18.3 Å². The molecule has 1 saturated heterocycles. The van der Waals surface area contributed by atoms with Crippen LogP contribution in [0.2, 0.25) is 0 Å². The molecule has 2 N–H and O–H groups in total. The quantitative estimate of drug-likeness (QED) is 0.874. The van der Waals surface area contributed by atoms with Gasteiger partial charge in [-0.15, -0.1) is 0 Å². The zero-order valence-corrected chi connectivity index (χ0v) is 13.9. The number of nitrogens with one attached hydrogen (secondary N) is 2. The molecular weight excluding hydrogens is 260 g/mol. The Bertz CT molecular complexity index is 433. The first kappa shape index (κ1) is 16.1. The molecule has 1 aliphatic rings. The second-order valence-electron chi connectivity index (χ2n) is 6.98. The minimum Gasteiger partial charge on any atom is -0.377 e. The van der Waals surface area contributed by atoms with Crippen LogP contribution in [0.25, 0.3) is 0 Å². The van der Waals surface area contributed by atoms with Gasteiger partial charge in [0.15, 0.2) is 5.82 Å². The Labute approximate surface area is 129 Å². The highest BCUT2D eigenvalue weighted by molar-refractivity contribution is 5.66. The van der Waals surface area contributed by atoms with Crippen molar-refractivity contribution in [3.8, 4) is 0 Å². The van der Waals surface area contributed by atoms with E-state index in [1.165, 1.54) is 12.8 Å². The van der Waals surface area contributed by atoms with Crippen LogP contribution in [0, 0.1) is 5.92 Å². The molecule has 1 aliphatic heterocycles. The number of anilines is 2. The first-order valence-electron chi connectivity index (χ1n) is 8.18. The largest absolute Gasteiger partial charge is 0.377 e. The Hall–Kier alpha value is -1.29. The van der Waals surface area contributed by atoms with Crippen LogP contribution in [-0.4, -0.2) is 36.7 Å². The lowest BCUT2D eigenvalue weighted by Crippen LogP contribution is -2.37. The lowest BCUT2D eigenvalue weighted by molar-refractivity contribution is 0.374. The summed E-state index contributed by atoms with van der Waals surface area (Å²) in [5.41, 5.74) is 1.19. The molecule has 21 heavy (non-hydrogen) atoms. The number of hydrogen-bond donors (Lipinski definition) is 2. The van der Waals surface area contributed by atoms with E-state index in [1.54, 1.807) is 0 Å². The van der Waals surface area contributed by atoms with E-state index in [0.29, 0.717) is 0 Å². The summed E-state index contributed by atoms with van der Waals surface area (Å²) in [5.74, 6) is 1.86. The summed E-state index contributed by atoms with van der Waals surface area (Å²) >= 11 is 0. The van der Waals surface area contributed by atoms with Crippen molar-refractivity contribution in [2.75, 3.05) is 36.4 Å². The van der Waals surface area contributed by atoms with E-state index in [2.05, 4.69) is 54.3 Å². The van der Waals surface area contributed by atoms with Crippen molar-refractivity contribution in [1.29, 1.82) is 0 Å². The number of rotatable bonds is 5. The lowest BCUT2D eigenvalue weighted by atomic mass is 9.97. The molecule has 118 valence electrons. The average Bonchev–Trinajstić information content (AvgIpc) is 2.45. The fourth-order valence-electron chi connectivity index (χ4n) is 2.89. The molecule has 0 aromatic carbocycles. The second kappa shape index (κ2) is 7.12. The number of pyridine rings is 1. The van der Waals surface area contributed by atoms with E-state index in [4.69, 9.17) is 0 Å². The van der Waals surface area contributed by atoms with Crippen LogP contribution >= 0.6 is 0 Å². The van der Waals surface area contributed by atoms with E-state index >= 15 is 0 Å². The van der Waals surface area contributed by atoms with E-state index in [1.807, 2.05) is 12.3 Å². The van der Waals surface area contributed by atoms with Crippen molar-refractivity contribution in [3.63, 3.8) is 0 Å². The molecule has 0 amide bonds. The van der Waals surface area contributed by atoms with E-state index in [9.17, 15) is 0 Å². The topological polar surface area (TPSA) is 40.2 Å². The molecule has 0 radical (unpaired) electrons. The van der Waals surface area contributed by atoms with Gasteiger partial charge in [-0.1, -0.05) is 0 Å². The SMILES string of the molecule is CCN(CC1CCNCC1)c1ncccc1NC(C)(C)C. The molecule has 2 heterocycles. The van der Waals surface area contributed by atoms with Crippen LogP contribution in [0.4, 0.5) is 11.5 Å². The lowest BCUT2D eigenvalue weighted by Gasteiger charge is -2.32. The maximum atomic E-state index is 4.65. The summed E-state index contributed by atoms with van der Waals surface area (Å²) in [6, 6.07) is 4.15. The summed E-state index contributed by atoms with van der Waals surface area (Å²) in [6.45, 7) is 13.2. The standard InChI is InChI=1S/C17H30N4/c1-5-21(13-14-8-11-18-12-9-14)16-15(7-6-10-19-16)20-17(2,3)4/h6-7,10,14,18,20H,5,8-9,11-13H2,1-4H3. The molecule has 4 nitrogen and oxygen atoms in total. The fourth-order valence-corrected chi connectivity index (χ4v) is 2.89. The van der Waals surface area contributed by atoms with Gasteiger partial charge in [0.05, 0.1) is 5.69 Å². The third-order valence-electron chi connectivity index (χ3n) is 3.91. The fraction of sp³-hybridized carbons (Fsp3) is 0.706. The highest BCUT2D eigenvalue weighted by Crippen LogP contribution is 2.27. The van der Waals surface area contributed by atoms with Crippen LogP contribution in [0.5, 0.6) is 0 Å². The number of nitrogens with zero attached hydrogens (tertiary/aromatic N) is 2. The summed E-state index contributed by atoms with van der Waals surface area (Å²) in [6.07, 6.45) is 4.44. The summed E-state index contributed by atoms with van der Waals surface area (Å²) in [7, 11) is 0. The molecule has 0 bridgehead atoms. The van der Waals surface area contributed by atoms with Crippen LogP contribution in [-0.2, 0) is 0 Å². The Morgan fingerprint density at radius 1 is 1.33 bits per heavy atom. The van der Waals surface area contributed by atoms with E-state index in [-0.39, 0.29) is 5.54 Å². The highest BCUT2D eigenvalue weighted by Gasteiger charge is 2.20. The maximum Gasteiger partial charge on any atom is 0.151 e. The summed E-state index contributed by atoms with van der Waals surface area (Å²) in [4.78, 5) is 7.07. The molecule has 0 unspecified atom stereocenters. The van der Waals surface area contributed by atoms with Crippen molar-refractivity contribution in [3.05, 3.63) is 18.3 Å². The number of hydrogen-bond acceptors (Lipinski definition) is 4. The summed E-state index contributed by atoms with van der Waals surface area (Å²) in [5, 5.41) is 7.03. The van der Waals surface area contributed by atoms with E-state index < -0.39 is 0 Å². The molecule has 2 rings (SSSR count). The van der Waals surface area contributed by atoms with Gasteiger partial charge >= 0.3 is 0 Å². The first-order chi connectivity index (χ1) is 9.99. The van der Waals surface area contributed by atoms with Crippen molar-refractivity contribution in [2.24, 2.45) is 5.92 Å². The average molecular weight is 290 g/mol. The minimum atomic E-state index is 0.0476. The van der Waals surface area contributed by atoms with Gasteiger partial charge in [0.25, 0.3) is 0 Å². The van der Waals surface area contributed by atoms with Crippen LogP contribution in [0.3, 0.4) is 0 Å². The van der Waals surface area contributed by atoms with Crippen molar-refractivity contribution < 1.29 is 0 Å². The normalized spacial score (nSPS) is 16.8. The zero-order chi connectivity index (χ0) is 15.3. The molecule has 0 atom stereocenters. The molecule has 0 aliphatic carbocycles. The molecule has 1 aromatic heterocycles. The molecular formula is C17H30N4. The Kier molecular flexibility index (Phi) is 5.45. The zero-order valence-electron chi connectivity index (χ0n) is 13.9. The van der Waals surface area contributed by atoms with Crippen LogP contribution < -0.4 is 15.5 Å². The minimum absolute atomic E-state index is 0.0476. The van der Waals surface area contributed by atoms with Gasteiger partial charge in [-0.25, -0.2) is 4.98 Å². The Morgan fingerprint density at radius 3 is 2.67 bits per heavy atom. The second-order valence-corrected chi connectivity index (χ2v) is 6.98. The van der Waals surface area contributed by atoms with Gasteiger partial charge in [-0.3, -0.25) is 0 Å². The summed E-state index contributed by atoms with van der Waals surface area (Å²) < 4.78 is 0. The first-order valence-corrected chi connectivity index (χ1v) is 8.18. The van der Waals surface area contributed by atoms with Gasteiger partial charge in [-0.05, 0) is 71.7 Å². The third kappa shape index (κ3) is 4.88. The molecule has 1 fully saturated rings. The maximum absolute atomic E-state index is 4.65. The van der Waals surface area contributed by atoms with Gasteiger partial charge in [0, 0.05) is 24.8 Å². The molecule has 1 aromatic rings. The van der Waals surface area contributed by atoms with Crippen molar-refractivity contribution in [1.82, 2.24) is 10.3 Å². The van der Waals surface area contributed by atoms with Gasteiger partial charge in [0.2, 0.25) is 0 Å². The van der Waals surface area contributed by atoms with Gasteiger partial charge < -0.3 is 15.5 Å². The molecule has 4 heteroatoms. The third-order valence-corrected chi connectivity index (χ3v) is 3.91. The van der Waals surface area contributed by atoms with Gasteiger partial charge in [0.1, 0.15) is 0 Å². The van der Waals surface area contributed by atoms with E-state index in [0.717, 1.165) is 43.6 Å². The van der Waals surface area contributed by atoms with Crippen molar-refractivity contribution >= 4 is 11.5 Å². The highest BCUT2D eigenvalue weighted by atomic mass is 15.2. The molecule has 0 saturated carbocycles. The Balaban J connectivity index is 2.13. The van der Waals surface area contributed by atoms with Crippen LogP contribution in [0.1, 0.15) is 40.5 Å². The monoisotopic (exact) mass is 290 g/mol. The van der Waals surface area contributed by atoms with Gasteiger partial charge in [-0.2, -0.15) is 0 Å². The van der Waals surface area contributed by atoms with Crippen molar-refractivity contribution in [2.45, 2.75) is 46.1 Å². The number of piperidine rings is 1. The smallest absolute Gasteiger partial charge is 0.151 e. The number of aromatic nitrogens is 1. The predicted molar refractivity (Wildman–Crippen MR) is 91.1 cm³/mol. The Morgan fingerprint density at radius 2 is 2.05 bits per heavy atom. The predicted octanol–water partition coefficient (Wildman–Crippen LogP) is 3.12. The molecule has 0 spiro atoms.